The third-order valence-electron chi connectivity index (χ3n) is 4.34. The number of likely N-dealkylation sites (tertiary alicyclic amines) is 1. The molecule has 0 saturated carbocycles. The van der Waals surface area contributed by atoms with E-state index in [1.165, 1.54) is 15.6 Å². The number of carbonyl (C=O) groups is 1. The molecule has 0 unspecified atom stereocenters. The van der Waals surface area contributed by atoms with Crippen molar-refractivity contribution in [2.75, 3.05) is 13.1 Å². The molecule has 1 aromatic carbocycles. The number of aliphatic carboxylic acids is 1. The van der Waals surface area contributed by atoms with E-state index in [-0.39, 0.29) is 20.4 Å². The first kappa shape index (κ1) is 16.2. The van der Waals surface area contributed by atoms with Gasteiger partial charge in [0.2, 0.25) is 0 Å². The van der Waals surface area contributed by atoms with Crippen molar-refractivity contribution in [2.24, 2.45) is 5.92 Å². The Labute approximate surface area is 151 Å². The normalized spacial score (nSPS) is 15.0. The van der Waals surface area contributed by atoms with Crippen LogP contribution in [0.1, 0.15) is 5.56 Å². The maximum absolute atomic E-state index is 10.9. The van der Waals surface area contributed by atoms with E-state index in [1.54, 1.807) is 6.20 Å². The Morgan fingerprint density at radius 2 is 1.96 bits per heavy atom. The Hall–Kier alpha value is -2.27. The molecule has 3 aromatic rings. The van der Waals surface area contributed by atoms with Gasteiger partial charge in [-0.3, -0.25) is 0 Å². The first-order chi connectivity index (χ1) is 12.2. The van der Waals surface area contributed by atoms with Crippen molar-refractivity contribution in [3.63, 3.8) is 0 Å². The van der Waals surface area contributed by atoms with E-state index in [0.29, 0.717) is 13.1 Å². The summed E-state index contributed by atoms with van der Waals surface area (Å²) in [4.78, 5) is 21.9. The molecule has 1 aliphatic heterocycles. The van der Waals surface area contributed by atoms with Gasteiger partial charge in [-0.1, -0.05) is 0 Å². The van der Waals surface area contributed by atoms with Gasteiger partial charge in [0.25, 0.3) is 0 Å². The predicted molar refractivity (Wildman–Crippen MR) is 96.2 cm³/mol. The molecule has 0 aliphatic carbocycles. The van der Waals surface area contributed by atoms with Gasteiger partial charge in [0, 0.05) is 0 Å². The molecular formula is C19H17N3O2Se. The van der Waals surface area contributed by atoms with Crippen LogP contribution in [0.5, 0.6) is 0 Å². The summed E-state index contributed by atoms with van der Waals surface area (Å²) in [5.41, 5.74) is 3.37. The van der Waals surface area contributed by atoms with Crippen LogP contribution in [0.15, 0.2) is 54.9 Å². The molecule has 1 saturated heterocycles. The molecule has 4 rings (SSSR count). The van der Waals surface area contributed by atoms with Gasteiger partial charge in [-0.2, -0.15) is 0 Å². The number of hydrogen-bond acceptors (Lipinski definition) is 4. The Kier molecular flexibility index (Phi) is 4.49. The van der Waals surface area contributed by atoms with Crippen molar-refractivity contribution in [1.29, 1.82) is 0 Å². The molecule has 1 N–H and O–H groups in total. The molecule has 5 nitrogen and oxygen atoms in total. The first-order valence-corrected chi connectivity index (χ1v) is 9.82. The molecule has 3 heterocycles. The van der Waals surface area contributed by atoms with E-state index in [2.05, 4.69) is 39.1 Å². The predicted octanol–water partition coefficient (Wildman–Crippen LogP) is 2.38. The molecule has 1 fully saturated rings. The molecule has 1 aliphatic rings. The van der Waals surface area contributed by atoms with Gasteiger partial charge < -0.3 is 0 Å². The zero-order valence-corrected chi connectivity index (χ0v) is 15.2. The second kappa shape index (κ2) is 6.92. The van der Waals surface area contributed by atoms with Crippen LogP contribution in [0, 0.1) is 5.92 Å². The summed E-state index contributed by atoms with van der Waals surface area (Å²) in [6.07, 6.45) is 3.75. The van der Waals surface area contributed by atoms with Crippen molar-refractivity contribution >= 4 is 20.5 Å². The first-order valence-electron chi connectivity index (χ1n) is 8.11. The van der Waals surface area contributed by atoms with Gasteiger partial charge in [-0.15, -0.1) is 0 Å². The van der Waals surface area contributed by atoms with Gasteiger partial charge in [-0.05, 0) is 0 Å². The van der Waals surface area contributed by atoms with Crippen LogP contribution in [-0.4, -0.2) is 53.5 Å². The molecule has 0 spiro atoms. The third kappa shape index (κ3) is 3.56. The van der Waals surface area contributed by atoms with Crippen LogP contribution >= 0.6 is 0 Å². The van der Waals surface area contributed by atoms with Gasteiger partial charge in [0.1, 0.15) is 0 Å². The Morgan fingerprint density at radius 3 is 2.64 bits per heavy atom. The summed E-state index contributed by atoms with van der Waals surface area (Å²) in [5, 5.41) is 8.93. The van der Waals surface area contributed by atoms with Crippen LogP contribution in [-0.2, 0) is 11.3 Å². The Bertz CT molecular complexity index is 871. The summed E-state index contributed by atoms with van der Waals surface area (Å²) < 4.78 is 2.32. The van der Waals surface area contributed by atoms with Crippen molar-refractivity contribution in [2.45, 2.75) is 6.54 Å². The molecule has 0 amide bonds. The topological polar surface area (TPSA) is 66.3 Å². The van der Waals surface area contributed by atoms with Crippen LogP contribution in [0.3, 0.4) is 0 Å². The molecule has 0 atom stereocenters. The number of carboxylic acid groups (broad SMARTS) is 1. The summed E-state index contributed by atoms with van der Waals surface area (Å²) in [6, 6.07) is 14.4. The fraction of sp³-hybridized carbons (Fsp3) is 0.211. The molecule has 2 aromatic heterocycles. The number of benzene rings is 1. The number of aromatic nitrogens is 2. The number of rotatable bonds is 5. The minimum atomic E-state index is -0.689. The fourth-order valence-electron chi connectivity index (χ4n) is 2.90. The van der Waals surface area contributed by atoms with Gasteiger partial charge >= 0.3 is 151 Å². The summed E-state index contributed by atoms with van der Waals surface area (Å²) >= 11 is 0.169. The van der Waals surface area contributed by atoms with E-state index < -0.39 is 5.97 Å². The fourth-order valence-corrected chi connectivity index (χ4v) is 4.79. The zero-order chi connectivity index (χ0) is 17.2. The van der Waals surface area contributed by atoms with Crippen LogP contribution in [0.4, 0.5) is 0 Å². The minimum absolute atomic E-state index is 0.169. The van der Waals surface area contributed by atoms with E-state index in [0.717, 1.165) is 16.8 Å². The zero-order valence-electron chi connectivity index (χ0n) is 13.5. The van der Waals surface area contributed by atoms with Gasteiger partial charge in [0.05, 0.1) is 0 Å². The summed E-state index contributed by atoms with van der Waals surface area (Å²) in [6.45, 7) is 2.10. The molecule has 25 heavy (non-hydrogen) atoms. The monoisotopic (exact) mass is 399 g/mol. The van der Waals surface area contributed by atoms with Crippen LogP contribution in [0.25, 0.3) is 20.3 Å². The molecule has 126 valence electrons. The third-order valence-corrected chi connectivity index (χ3v) is 6.58. The van der Waals surface area contributed by atoms with E-state index in [1.807, 2.05) is 24.4 Å². The molecule has 0 radical (unpaired) electrons. The van der Waals surface area contributed by atoms with Gasteiger partial charge in [-0.25, -0.2) is 0 Å². The molecule has 0 bridgehead atoms. The van der Waals surface area contributed by atoms with Crippen LogP contribution in [0.2, 0.25) is 0 Å². The molecule has 6 heteroatoms. The van der Waals surface area contributed by atoms with E-state index >= 15 is 0 Å². The van der Waals surface area contributed by atoms with E-state index in [9.17, 15) is 4.79 Å². The SMILES string of the molecule is O=C(O)C1CN(Cc2ccc(-c3cnc(-c4ccccn4)[se]3)cc2)C1. The molecular weight excluding hydrogens is 381 g/mol. The van der Waals surface area contributed by atoms with Crippen molar-refractivity contribution in [1.82, 2.24) is 14.9 Å². The van der Waals surface area contributed by atoms with Crippen molar-refractivity contribution in [3.05, 3.63) is 60.4 Å². The van der Waals surface area contributed by atoms with Gasteiger partial charge in [0.15, 0.2) is 0 Å². The second-order valence-corrected chi connectivity index (χ2v) is 8.33. The maximum atomic E-state index is 10.9. The average molecular weight is 398 g/mol. The standard InChI is InChI=1S/C19H17N3O2Se/c23-19(24)15-11-22(12-15)10-13-4-6-14(7-5-13)17-9-21-18(25-17)16-3-1-2-8-20-16/h1-9,15H,10-12H2,(H,23,24). The van der Waals surface area contributed by atoms with Crippen LogP contribution < -0.4 is 0 Å². The number of nitrogens with zero attached hydrogens (tertiary/aromatic N) is 3. The van der Waals surface area contributed by atoms with Crippen molar-refractivity contribution < 1.29 is 9.90 Å². The number of hydrogen-bond donors (Lipinski definition) is 1. The second-order valence-electron chi connectivity index (χ2n) is 6.17. The van der Waals surface area contributed by atoms with E-state index in [4.69, 9.17) is 5.11 Å². The number of pyridine rings is 1. The average Bonchev–Trinajstić information content (AvgIpc) is 3.09. The Morgan fingerprint density at radius 1 is 1.16 bits per heavy atom. The number of carboxylic acids is 1. The quantitative estimate of drug-likeness (QED) is 0.669. The summed E-state index contributed by atoms with van der Waals surface area (Å²) in [7, 11) is 0. The summed E-state index contributed by atoms with van der Waals surface area (Å²) in [5.74, 6) is -0.890. The Balaban J connectivity index is 1.43. The van der Waals surface area contributed by atoms with Crippen molar-refractivity contribution in [3.8, 4) is 20.3 Å².